The van der Waals surface area contributed by atoms with Crippen molar-refractivity contribution in [2.45, 2.75) is 20.0 Å². The summed E-state index contributed by atoms with van der Waals surface area (Å²) in [5, 5.41) is 2.71. The first-order valence-corrected chi connectivity index (χ1v) is 8.06. The maximum absolute atomic E-state index is 12.2. The first-order chi connectivity index (χ1) is 12.1. The summed E-state index contributed by atoms with van der Waals surface area (Å²) in [4.78, 5) is 24.1. The lowest BCUT2D eigenvalue weighted by Gasteiger charge is -2.15. The molecular formula is C20H21NO4. The molecule has 130 valence electrons. The molecular weight excluding hydrogens is 318 g/mol. The Morgan fingerprint density at radius 1 is 1.08 bits per heavy atom. The second kappa shape index (κ2) is 9.27. The van der Waals surface area contributed by atoms with Crippen LogP contribution in [0.15, 0.2) is 60.7 Å². The Morgan fingerprint density at radius 2 is 1.76 bits per heavy atom. The number of para-hydroxylation sites is 2. The van der Waals surface area contributed by atoms with Crippen LogP contribution in [-0.2, 0) is 14.3 Å². The van der Waals surface area contributed by atoms with Crippen LogP contribution in [-0.4, -0.2) is 24.6 Å². The van der Waals surface area contributed by atoms with Crippen LogP contribution in [0.5, 0.6) is 5.75 Å². The minimum atomic E-state index is -0.928. The summed E-state index contributed by atoms with van der Waals surface area (Å²) in [6.45, 7) is 3.87. The van der Waals surface area contributed by atoms with Gasteiger partial charge in [0.15, 0.2) is 6.10 Å². The van der Waals surface area contributed by atoms with Crippen molar-refractivity contribution in [3.63, 3.8) is 0 Å². The van der Waals surface area contributed by atoms with E-state index in [0.717, 1.165) is 5.56 Å². The van der Waals surface area contributed by atoms with Gasteiger partial charge < -0.3 is 14.8 Å². The van der Waals surface area contributed by atoms with Crippen LogP contribution in [0, 0.1) is 0 Å². The monoisotopic (exact) mass is 339 g/mol. The minimum absolute atomic E-state index is 0.423. The topological polar surface area (TPSA) is 64.6 Å². The summed E-state index contributed by atoms with van der Waals surface area (Å²) in [6, 6.07) is 16.5. The fourth-order valence-electron chi connectivity index (χ4n) is 2.08. The predicted molar refractivity (Wildman–Crippen MR) is 97.3 cm³/mol. The number of rotatable bonds is 7. The molecule has 2 aromatic carbocycles. The third-order valence-corrected chi connectivity index (χ3v) is 3.32. The van der Waals surface area contributed by atoms with Gasteiger partial charge in [0.1, 0.15) is 5.75 Å². The quantitative estimate of drug-likeness (QED) is 0.617. The Labute approximate surface area is 147 Å². The maximum Gasteiger partial charge on any atom is 0.331 e. The average molecular weight is 339 g/mol. The number of hydrogen-bond donors (Lipinski definition) is 1. The molecule has 0 heterocycles. The van der Waals surface area contributed by atoms with E-state index < -0.39 is 18.0 Å². The number of nitrogens with one attached hydrogen (secondary N) is 1. The SMILES string of the molecule is CCOc1ccccc1NC(=O)C(C)OC(=O)C=Cc1ccccc1. The summed E-state index contributed by atoms with van der Waals surface area (Å²) in [5.74, 6) is -0.431. The maximum atomic E-state index is 12.2. The van der Waals surface area contributed by atoms with Gasteiger partial charge in [0, 0.05) is 6.08 Å². The summed E-state index contributed by atoms with van der Waals surface area (Å²) in [5.41, 5.74) is 1.42. The molecule has 0 aliphatic heterocycles. The van der Waals surface area contributed by atoms with Gasteiger partial charge in [-0.15, -0.1) is 0 Å². The molecule has 0 radical (unpaired) electrons. The molecule has 5 nitrogen and oxygen atoms in total. The van der Waals surface area contributed by atoms with Gasteiger partial charge in [-0.2, -0.15) is 0 Å². The number of carbonyl (C=O) groups excluding carboxylic acids is 2. The summed E-state index contributed by atoms with van der Waals surface area (Å²) in [7, 11) is 0. The highest BCUT2D eigenvalue weighted by Gasteiger charge is 2.18. The van der Waals surface area contributed by atoms with Gasteiger partial charge in [0.25, 0.3) is 5.91 Å². The summed E-state index contributed by atoms with van der Waals surface area (Å²) < 4.78 is 10.6. The van der Waals surface area contributed by atoms with Gasteiger partial charge in [-0.1, -0.05) is 42.5 Å². The van der Waals surface area contributed by atoms with Crippen molar-refractivity contribution in [3.8, 4) is 5.75 Å². The second-order valence-electron chi connectivity index (χ2n) is 5.24. The number of esters is 1. The first kappa shape index (κ1) is 18.3. The van der Waals surface area contributed by atoms with Crippen LogP contribution in [0.25, 0.3) is 6.08 Å². The minimum Gasteiger partial charge on any atom is -0.492 e. The van der Waals surface area contributed by atoms with E-state index in [-0.39, 0.29) is 0 Å². The molecule has 0 aliphatic rings. The number of carbonyl (C=O) groups is 2. The van der Waals surface area contributed by atoms with E-state index in [0.29, 0.717) is 18.0 Å². The number of hydrogen-bond acceptors (Lipinski definition) is 4. The molecule has 1 unspecified atom stereocenters. The van der Waals surface area contributed by atoms with Crippen molar-refractivity contribution in [2.24, 2.45) is 0 Å². The van der Waals surface area contributed by atoms with Crippen molar-refractivity contribution in [3.05, 3.63) is 66.2 Å². The molecule has 0 spiro atoms. The Hall–Kier alpha value is -3.08. The van der Waals surface area contributed by atoms with Crippen LogP contribution in [0.2, 0.25) is 0 Å². The average Bonchev–Trinajstić information content (AvgIpc) is 2.62. The summed E-state index contributed by atoms with van der Waals surface area (Å²) >= 11 is 0. The molecule has 0 aliphatic carbocycles. The standard InChI is InChI=1S/C20H21NO4/c1-3-24-18-12-8-7-11-17(18)21-20(23)15(2)25-19(22)14-13-16-9-5-4-6-10-16/h4-15H,3H2,1-2H3,(H,21,23). The highest BCUT2D eigenvalue weighted by molar-refractivity contribution is 5.97. The zero-order chi connectivity index (χ0) is 18.1. The smallest absolute Gasteiger partial charge is 0.331 e. The van der Waals surface area contributed by atoms with Crippen molar-refractivity contribution < 1.29 is 19.1 Å². The van der Waals surface area contributed by atoms with E-state index >= 15 is 0 Å². The van der Waals surface area contributed by atoms with Crippen LogP contribution < -0.4 is 10.1 Å². The molecule has 5 heteroatoms. The molecule has 1 N–H and O–H groups in total. The molecule has 25 heavy (non-hydrogen) atoms. The second-order valence-corrected chi connectivity index (χ2v) is 5.24. The fraction of sp³-hybridized carbons (Fsp3) is 0.200. The summed E-state index contributed by atoms with van der Waals surface area (Å²) in [6.07, 6.45) is 2.01. The third-order valence-electron chi connectivity index (χ3n) is 3.32. The molecule has 0 fully saturated rings. The lowest BCUT2D eigenvalue weighted by molar-refractivity contribution is -0.148. The van der Waals surface area contributed by atoms with Crippen molar-refractivity contribution in [2.75, 3.05) is 11.9 Å². The lowest BCUT2D eigenvalue weighted by Crippen LogP contribution is -2.29. The van der Waals surface area contributed by atoms with E-state index in [2.05, 4.69) is 5.32 Å². The normalized spacial score (nSPS) is 11.8. The Morgan fingerprint density at radius 3 is 2.48 bits per heavy atom. The van der Waals surface area contributed by atoms with E-state index in [1.165, 1.54) is 13.0 Å². The molecule has 2 rings (SSSR count). The van der Waals surface area contributed by atoms with Crippen LogP contribution in [0.3, 0.4) is 0 Å². The molecule has 0 saturated heterocycles. The molecule has 0 aromatic heterocycles. The van der Waals surface area contributed by atoms with Crippen molar-refractivity contribution in [1.29, 1.82) is 0 Å². The third kappa shape index (κ3) is 5.80. The largest absolute Gasteiger partial charge is 0.492 e. The predicted octanol–water partition coefficient (Wildman–Crippen LogP) is 3.67. The number of ether oxygens (including phenoxy) is 2. The highest BCUT2D eigenvalue weighted by Crippen LogP contribution is 2.23. The molecule has 2 aromatic rings. The number of anilines is 1. The van der Waals surface area contributed by atoms with E-state index in [4.69, 9.17) is 9.47 Å². The van der Waals surface area contributed by atoms with Gasteiger partial charge in [-0.3, -0.25) is 4.79 Å². The Bertz CT molecular complexity index is 740. The van der Waals surface area contributed by atoms with E-state index in [9.17, 15) is 9.59 Å². The highest BCUT2D eigenvalue weighted by atomic mass is 16.5. The van der Waals surface area contributed by atoms with Crippen LogP contribution in [0.4, 0.5) is 5.69 Å². The van der Waals surface area contributed by atoms with Gasteiger partial charge in [-0.25, -0.2) is 4.79 Å². The zero-order valence-corrected chi connectivity index (χ0v) is 14.3. The van der Waals surface area contributed by atoms with Gasteiger partial charge in [0.2, 0.25) is 0 Å². The molecule has 1 amide bonds. The van der Waals surface area contributed by atoms with E-state index in [1.807, 2.05) is 43.3 Å². The molecule has 0 bridgehead atoms. The Balaban J connectivity index is 1.92. The Kier molecular flexibility index (Phi) is 6.77. The van der Waals surface area contributed by atoms with Gasteiger partial charge >= 0.3 is 5.97 Å². The van der Waals surface area contributed by atoms with E-state index in [1.54, 1.807) is 24.3 Å². The van der Waals surface area contributed by atoms with Gasteiger partial charge in [0.05, 0.1) is 12.3 Å². The van der Waals surface area contributed by atoms with Crippen LogP contribution in [0.1, 0.15) is 19.4 Å². The number of amides is 1. The first-order valence-electron chi connectivity index (χ1n) is 8.06. The molecule has 1 atom stereocenters. The zero-order valence-electron chi connectivity index (χ0n) is 14.3. The number of benzene rings is 2. The van der Waals surface area contributed by atoms with Crippen LogP contribution >= 0.6 is 0 Å². The van der Waals surface area contributed by atoms with Crippen molar-refractivity contribution in [1.82, 2.24) is 0 Å². The van der Waals surface area contributed by atoms with Gasteiger partial charge in [-0.05, 0) is 37.6 Å². The molecule has 0 saturated carbocycles. The van der Waals surface area contributed by atoms with Crippen molar-refractivity contribution >= 4 is 23.6 Å². The fourth-order valence-corrected chi connectivity index (χ4v) is 2.08. The lowest BCUT2D eigenvalue weighted by atomic mass is 10.2.